The van der Waals surface area contributed by atoms with Gasteiger partial charge in [-0.2, -0.15) is 13.2 Å². The van der Waals surface area contributed by atoms with Gasteiger partial charge in [0.1, 0.15) is 0 Å². The van der Waals surface area contributed by atoms with E-state index in [2.05, 4.69) is 4.98 Å². The lowest BCUT2D eigenvalue weighted by atomic mass is 9.90. The maximum absolute atomic E-state index is 12.4. The summed E-state index contributed by atoms with van der Waals surface area (Å²) in [6, 6.07) is 0. The van der Waals surface area contributed by atoms with Gasteiger partial charge in [-0.15, -0.1) is 11.3 Å². The van der Waals surface area contributed by atoms with Crippen LogP contribution in [0.15, 0.2) is 5.38 Å². The number of aryl methyl sites for hydroxylation is 1. The molecule has 1 aliphatic rings. The predicted molar refractivity (Wildman–Crippen MR) is 71.9 cm³/mol. The first-order valence-electron chi connectivity index (χ1n) is 6.71. The zero-order valence-corrected chi connectivity index (χ0v) is 12.4. The van der Waals surface area contributed by atoms with E-state index >= 15 is 0 Å². The highest BCUT2D eigenvalue weighted by Gasteiger charge is 2.44. The number of hydrogen-bond acceptors (Lipinski definition) is 4. The van der Waals surface area contributed by atoms with Crippen LogP contribution in [-0.2, 0) is 11.2 Å². The van der Waals surface area contributed by atoms with Crippen LogP contribution in [0.3, 0.4) is 0 Å². The van der Waals surface area contributed by atoms with Crippen molar-refractivity contribution in [2.45, 2.75) is 38.5 Å². The Morgan fingerprint density at radius 2 is 2.14 bits per heavy atom. The molecule has 21 heavy (non-hydrogen) atoms. The second-order valence-corrected chi connectivity index (χ2v) is 6.30. The van der Waals surface area contributed by atoms with Gasteiger partial charge in [-0.05, 0) is 25.7 Å². The Balaban J connectivity index is 1.85. The zero-order valence-electron chi connectivity index (χ0n) is 11.6. The zero-order chi connectivity index (χ0) is 15.6. The Kier molecular flexibility index (Phi) is 4.88. The van der Waals surface area contributed by atoms with Gasteiger partial charge in [0, 0.05) is 18.5 Å². The maximum Gasteiger partial charge on any atom is 0.414 e. The molecule has 1 aliphatic heterocycles. The van der Waals surface area contributed by atoms with Gasteiger partial charge in [-0.1, -0.05) is 0 Å². The van der Waals surface area contributed by atoms with Crippen molar-refractivity contribution < 1.29 is 23.1 Å². The van der Waals surface area contributed by atoms with E-state index in [1.54, 1.807) is 4.90 Å². The van der Waals surface area contributed by atoms with E-state index in [0.29, 0.717) is 5.69 Å². The number of rotatable bonds is 3. The Morgan fingerprint density at radius 1 is 1.52 bits per heavy atom. The van der Waals surface area contributed by atoms with Gasteiger partial charge in [-0.3, -0.25) is 4.79 Å². The van der Waals surface area contributed by atoms with E-state index in [4.69, 9.17) is 0 Å². The lowest BCUT2D eigenvalue weighted by Crippen LogP contribution is -2.45. The average molecular weight is 322 g/mol. The normalized spacial score (nSPS) is 18.8. The fraction of sp³-hybridized carbons (Fsp3) is 0.692. The number of alkyl halides is 3. The average Bonchev–Trinajstić information content (AvgIpc) is 2.82. The molecule has 1 fully saturated rings. The van der Waals surface area contributed by atoms with E-state index in [-0.39, 0.29) is 38.3 Å². The van der Waals surface area contributed by atoms with Crippen LogP contribution in [-0.4, -0.2) is 46.3 Å². The molecule has 118 valence electrons. The largest absolute Gasteiger partial charge is 0.414 e. The van der Waals surface area contributed by atoms with E-state index in [1.165, 1.54) is 11.3 Å². The van der Waals surface area contributed by atoms with Crippen LogP contribution in [0.1, 0.15) is 23.5 Å². The quantitative estimate of drug-likeness (QED) is 0.928. The molecule has 1 saturated heterocycles. The van der Waals surface area contributed by atoms with Crippen molar-refractivity contribution in [3.63, 3.8) is 0 Å². The van der Waals surface area contributed by atoms with Gasteiger partial charge in [0.25, 0.3) is 0 Å². The van der Waals surface area contributed by atoms with Crippen molar-refractivity contribution in [2.24, 2.45) is 5.92 Å². The molecule has 4 nitrogen and oxygen atoms in total. The van der Waals surface area contributed by atoms with Crippen LogP contribution >= 0.6 is 11.3 Å². The van der Waals surface area contributed by atoms with Gasteiger partial charge in [0.05, 0.1) is 17.1 Å². The number of likely N-dealkylation sites (tertiary alicyclic amines) is 1. The van der Waals surface area contributed by atoms with Crippen molar-refractivity contribution in [2.75, 3.05) is 13.1 Å². The lowest BCUT2D eigenvalue weighted by molar-refractivity contribution is -0.222. The summed E-state index contributed by atoms with van der Waals surface area (Å²) in [6.07, 6.45) is -6.37. The molecule has 0 spiro atoms. The number of carbonyl (C=O) groups excluding carboxylic acids is 1. The summed E-state index contributed by atoms with van der Waals surface area (Å²) in [6.45, 7) is 2.35. The molecule has 1 unspecified atom stereocenters. The smallest absolute Gasteiger partial charge is 0.383 e. The van der Waals surface area contributed by atoms with Gasteiger partial charge in [0.2, 0.25) is 5.91 Å². The number of aliphatic hydroxyl groups excluding tert-OH is 1. The number of amides is 1. The van der Waals surface area contributed by atoms with E-state index in [9.17, 15) is 23.1 Å². The second kappa shape index (κ2) is 6.31. The molecule has 2 heterocycles. The summed E-state index contributed by atoms with van der Waals surface area (Å²) in [5.74, 6) is -0.948. The second-order valence-electron chi connectivity index (χ2n) is 5.24. The first-order chi connectivity index (χ1) is 9.77. The molecule has 1 aromatic heterocycles. The molecule has 0 saturated carbocycles. The number of halogens is 3. The molecule has 1 amide bonds. The van der Waals surface area contributed by atoms with Crippen LogP contribution in [0.5, 0.6) is 0 Å². The van der Waals surface area contributed by atoms with Crippen molar-refractivity contribution in [1.82, 2.24) is 9.88 Å². The molecular weight excluding hydrogens is 305 g/mol. The molecule has 1 aromatic rings. The topological polar surface area (TPSA) is 53.4 Å². The van der Waals surface area contributed by atoms with Crippen molar-refractivity contribution in [3.05, 3.63) is 16.1 Å². The molecular formula is C13H17F3N2O2S. The fourth-order valence-electron chi connectivity index (χ4n) is 2.49. The summed E-state index contributed by atoms with van der Waals surface area (Å²) in [7, 11) is 0. The van der Waals surface area contributed by atoms with Gasteiger partial charge < -0.3 is 10.0 Å². The number of hydrogen-bond donors (Lipinski definition) is 1. The number of aromatic nitrogens is 1. The summed E-state index contributed by atoms with van der Waals surface area (Å²) in [5.41, 5.74) is 0.694. The highest BCUT2D eigenvalue weighted by molar-refractivity contribution is 7.09. The fourth-order valence-corrected chi connectivity index (χ4v) is 3.10. The minimum absolute atomic E-state index is 0.125. The molecule has 0 bridgehead atoms. The summed E-state index contributed by atoms with van der Waals surface area (Å²) in [4.78, 5) is 17.8. The predicted octanol–water partition coefficient (Wildman–Crippen LogP) is 2.16. The SMILES string of the molecule is Cc1nc(CC(=O)N2CCC(C(O)C(F)(F)F)CC2)cs1. The Morgan fingerprint density at radius 3 is 2.62 bits per heavy atom. The molecule has 2 rings (SSSR count). The number of thiazole rings is 1. The number of aliphatic hydroxyl groups is 1. The van der Waals surface area contributed by atoms with Crippen molar-refractivity contribution in [3.8, 4) is 0 Å². The van der Waals surface area contributed by atoms with Crippen LogP contribution in [0.2, 0.25) is 0 Å². The Bertz CT molecular complexity index is 496. The summed E-state index contributed by atoms with van der Waals surface area (Å²) in [5, 5.41) is 11.9. The van der Waals surface area contributed by atoms with Gasteiger partial charge in [0.15, 0.2) is 6.10 Å². The third-order valence-corrected chi connectivity index (χ3v) is 4.50. The van der Waals surface area contributed by atoms with E-state index in [0.717, 1.165) is 5.01 Å². The van der Waals surface area contributed by atoms with Gasteiger partial charge in [-0.25, -0.2) is 4.98 Å². The minimum atomic E-state index is -4.59. The molecule has 0 radical (unpaired) electrons. The highest BCUT2D eigenvalue weighted by atomic mass is 32.1. The number of piperidine rings is 1. The third kappa shape index (κ3) is 4.16. The summed E-state index contributed by atoms with van der Waals surface area (Å²) < 4.78 is 37.3. The van der Waals surface area contributed by atoms with Crippen LogP contribution in [0, 0.1) is 12.8 Å². The van der Waals surface area contributed by atoms with E-state index in [1.807, 2.05) is 12.3 Å². The first kappa shape index (κ1) is 16.2. The first-order valence-corrected chi connectivity index (χ1v) is 7.59. The lowest BCUT2D eigenvalue weighted by Gasteiger charge is -2.34. The highest BCUT2D eigenvalue weighted by Crippen LogP contribution is 2.31. The maximum atomic E-state index is 12.4. The Hall–Kier alpha value is -1.15. The van der Waals surface area contributed by atoms with Crippen LogP contribution in [0.25, 0.3) is 0 Å². The number of nitrogens with zero attached hydrogens (tertiary/aromatic N) is 2. The third-order valence-electron chi connectivity index (χ3n) is 3.67. The van der Waals surface area contributed by atoms with Crippen LogP contribution < -0.4 is 0 Å². The molecule has 8 heteroatoms. The summed E-state index contributed by atoms with van der Waals surface area (Å²) >= 11 is 1.46. The molecule has 0 aromatic carbocycles. The molecule has 1 N–H and O–H groups in total. The van der Waals surface area contributed by atoms with Crippen molar-refractivity contribution in [1.29, 1.82) is 0 Å². The van der Waals surface area contributed by atoms with E-state index < -0.39 is 18.2 Å². The Labute approximate surface area is 124 Å². The molecule has 0 aliphatic carbocycles. The van der Waals surface area contributed by atoms with Crippen molar-refractivity contribution >= 4 is 17.2 Å². The van der Waals surface area contributed by atoms with Gasteiger partial charge >= 0.3 is 6.18 Å². The number of carbonyl (C=O) groups is 1. The monoisotopic (exact) mass is 322 g/mol. The van der Waals surface area contributed by atoms with Crippen LogP contribution in [0.4, 0.5) is 13.2 Å². The molecule has 1 atom stereocenters. The standard InChI is InChI=1S/C13H17F3N2O2S/c1-8-17-10(7-21-8)6-11(19)18-4-2-9(3-5-18)12(20)13(14,15)16/h7,9,12,20H,2-6H2,1H3. The minimum Gasteiger partial charge on any atom is -0.383 e.